The van der Waals surface area contributed by atoms with Crippen molar-refractivity contribution in [2.45, 2.75) is 12.0 Å². The maximum absolute atomic E-state index is 12.9. The van der Waals surface area contributed by atoms with Crippen molar-refractivity contribution in [3.8, 4) is 5.75 Å². The average molecular weight is 343 g/mol. The van der Waals surface area contributed by atoms with Crippen molar-refractivity contribution in [2.75, 3.05) is 19.0 Å². The molecule has 2 unspecified atom stereocenters. The predicted molar refractivity (Wildman–Crippen MR) is 91.1 cm³/mol. The Balaban J connectivity index is 1.68. The van der Waals surface area contributed by atoms with Crippen LogP contribution in [0.4, 0.5) is 14.9 Å². The first kappa shape index (κ1) is 16.8. The third kappa shape index (κ3) is 3.88. The van der Waals surface area contributed by atoms with Gasteiger partial charge in [-0.3, -0.25) is 4.79 Å². The van der Waals surface area contributed by atoms with Crippen LogP contribution in [-0.2, 0) is 4.79 Å². The van der Waals surface area contributed by atoms with Crippen LogP contribution >= 0.6 is 0 Å². The number of hydrogen-bond acceptors (Lipinski definition) is 3. The fraction of sp³-hybridized carbons (Fsp3) is 0.222. The Morgan fingerprint density at radius 3 is 2.48 bits per heavy atom. The second-order valence-corrected chi connectivity index (χ2v) is 5.71. The summed E-state index contributed by atoms with van der Waals surface area (Å²) < 4.78 is 18.0. The lowest BCUT2D eigenvalue weighted by molar-refractivity contribution is -0.120. The minimum Gasteiger partial charge on any atom is -0.497 e. The van der Waals surface area contributed by atoms with Crippen LogP contribution in [0.3, 0.4) is 0 Å². The van der Waals surface area contributed by atoms with E-state index in [9.17, 15) is 14.0 Å². The summed E-state index contributed by atoms with van der Waals surface area (Å²) in [5.41, 5.74) is 1.37. The van der Waals surface area contributed by atoms with Crippen molar-refractivity contribution < 1.29 is 18.7 Å². The van der Waals surface area contributed by atoms with Crippen LogP contribution in [-0.4, -0.2) is 31.6 Å². The minimum atomic E-state index is -0.686. The Morgan fingerprint density at radius 1 is 1.16 bits per heavy atom. The zero-order valence-electron chi connectivity index (χ0n) is 13.6. The first-order valence-corrected chi connectivity index (χ1v) is 7.81. The van der Waals surface area contributed by atoms with Gasteiger partial charge in [-0.2, -0.15) is 0 Å². The number of nitrogens with one attached hydrogen (secondary N) is 3. The number of ether oxygens (including phenoxy) is 1. The number of carbonyl (C=O) groups is 2. The van der Waals surface area contributed by atoms with Crippen molar-refractivity contribution in [1.29, 1.82) is 0 Å². The maximum Gasteiger partial charge on any atom is 0.319 e. The molecule has 130 valence electrons. The molecule has 2 aromatic rings. The number of rotatable bonds is 4. The molecule has 0 spiro atoms. The standard InChI is InChI=1S/C18H18FN3O3/c1-25-14-8-2-11(3-9-14)15-10-20-17(23)16(15)22-18(24)21-13-6-4-12(19)5-7-13/h2-9,15-16H,10H2,1H3,(H,20,23)(H2,21,22,24). The predicted octanol–water partition coefficient (Wildman–Crippen LogP) is 2.24. The molecule has 0 aromatic heterocycles. The fourth-order valence-electron chi connectivity index (χ4n) is 2.79. The summed E-state index contributed by atoms with van der Waals surface area (Å²) in [5, 5.41) is 8.03. The van der Waals surface area contributed by atoms with Crippen LogP contribution in [0.1, 0.15) is 11.5 Å². The molecule has 3 rings (SSSR count). The Kier molecular flexibility index (Phi) is 4.83. The molecular formula is C18H18FN3O3. The van der Waals surface area contributed by atoms with Gasteiger partial charge in [0.2, 0.25) is 5.91 Å². The molecule has 7 heteroatoms. The smallest absolute Gasteiger partial charge is 0.319 e. The number of urea groups is 1. The van der Waals surface area contributed by atoms with E-state index in [4.69, 9.17) is 4.74 Å². The molecule has 0 saturated carbocycles. The van der Waals surface area contributed by atoms with E-state index >= 15 is 0 Å². The Bertz CT molecular complexity index is 762. The zero-order valence-corrected chi connectivity index (χ0v) is 13.6. The van der Waals surface area contributed by atoms with Gasteiger partial charge in [0, 0.05) is 18.2 Å². The average Bonchev–Trinajstić information content (AvgIpc) is 2.98. The van der Waals surface area contributed by atoms with E-state index in [1.165, 1.54) is 24.3 Å². The molecule has 1 aliphatic heterocycles. The summed E-state index contributed by atoms with van der Waals surface area (Å²) in [4.78, 5) is 24.2. The van der Waals surface area contributed by atoms with Crippen LogP contribution in [0.25, 0.3) is 0 Å². The van der Waals surface area contributed by atoms with E-state index in [1.54, 1.807) is 7.11 Å². The van der Waals surface area contributed by atoms with E-state index in [2.05, 4.69) is 16.0 Å². The molecule has 2 atom stereocenters. The lowest BCUT2D eigenvalue weighted by Crippen LogP contribution is -2.44. The number of methoxy groups -OCH3 is 1. The Morgan fingerprint density at radius 2 is 1.84 bits per heavy atom. The molecule has 0 bridgehead atoms. The highest BCUT2D eigenvalue weighted by molar-refractivity contribution is 5.95. The first-order valence-electron chi connectivity index (χ1n) is 7.81. The van der Waals surface area contributed by atoms with Gasteiger partial charge < -0.3 is 20.7 Å². The summed E-state index contributed by atoms with van der Waals surface area (Å²) >= 11 is 0. The summed E-state index contributed by atoms with van der Waals surface area (Å²) in [5.74, 6) is -0.0901. The molecule has 1 fully saturated rings. The second kappa shape index (κ2) is 7.21. The molecule has 1 aliphatic rings. The van der Waals surface area contributed by atoms with Crippen molar-refractivity contribution >= 4 is 17.6 Å². The van der Waals surface area contributed by atoms with Gasteiger partial charge in [0.15, 0.2) is 0 Å². The number of benzene rings is 2. The van der Waals surface area contributed by atoms with Crippen molar-refractivity contribution in [2.24, 2.45) is 0 Å². The van der Waals surface area contributed by atoms with Gasteiger partial charge in [-0.1, -0.05) is 12.1 Å². The monoisotopic (exact) mass is 343 g/mol. The fourth-order valence-corrected chi connectivity index (χ4v) is 2.79. The number of amides is 3. The normalized spacial score (nSPS) is 19.2. The molecule has 6 nitrogen and oxygen atoms in total. The van der Waals surface area contributed by atoms with Crippen molar-refractivity contribution in [3.05, 3.63) is 59.9 Å². The van der Waals surface area contributed by atoms with E-state index in [-0.39, 0.29) is 17.6 Å². The van der Waals surface area contributed by atoms with E-state index in [0.717, 1.165) is 11.3 Å². The van der Waals surface area contributed by atoms with Gasteiger partial charge >= 0.3 is 6.03 Å². The van der Waals surface area contributed by atoms with Crippen LogP contribution in [0.15, 0.2) is 48.5 Å². The lowest BCUT2D eigenvalue weighted by atomic mass is 9.94. The summed E-state index contributed by atoms with van der Waals surface area (Å²) in [6.45, 7) is 0.437. The minimum absolute atomic E-state index is 0.183. The van der Waals surface area contributed by atoms with Crippen LogP contribution in [0.2, 0.25) is 0 Å². The van der Waals surface area contributed by atoms with Gasteiger partial charge in [0.05, 0.1) is 7.11 Å². The highest BCUT2D eigenvalue weighted by atomic mass is 19.1. The van der Waals surface area contributed by atoms with E-state index in [1.807, 2.05) is 24.3 Å². The molecular weight excluding hydrogens is 325 g/mol. The Labute approximate surface area is 144 Å². The first-order chi connectivity index (χ1) is 12.1. The molecule has 25 heavy (non-hydrogen) atoms. The maximum atomic E-state index is 12.9. The molecule has 3 amide bonds. The SMILES string of the molecule is COc1ccc(C2CNC(=O)C2NC(=O)Nc2ccc(F)cc2)cc1. The summed E-state index contributed by atoms with van der Waals surface area (Å²) in [6.07, 6.45) is 0. The number of hydrogen-bond donors (Lipinski definition) is 3. The lowest BCUT2D eigenvalue weighted by Gasteiger charge is -2.19. The number of anilines is 1. The molecule has 1 saturated heterocycles. The van der Waals surface area contributed by atoms with Gasteiger partial charge in [-0.05, 0) is 42.0 Å². The van der Waals surface area contributed by atoms with Crippen LogP contribution in [0, 0.1) is 5.82 Å². The van der Waals surface area contributed by atoms with Gasteiger partial charge in [-0.25, -0.2) is 9.18 Å². The van der Waals surface area contributed by atoms with Gasteiger partial charge in [0.25, 0.3) is 0 Å². The molecule has 0 aliphatic carbocycles. The molecule has 1 heterocycles. The largest absolute Gasteiger partial charge is 0.497 e. The molecule has 3 N–H and O–H groups in total. The van der Waals surface area contributed by atoms with E-state index < -0.39 is 12.1 Å². The van der Waals surface area contributed by atoms with Crippen LogP contribution < -0.4 is 20.7 Å². The van der Waals surface area contributed by atoms with Crippen molar-refractivity contribution in [3.63, 3.8) is 0 Å². The van der Waals surface area contributed by atoms with Crippen LogP contribution in [0.5, 0.6) is 5.75 Å². The number of halogens is 1. The summed E-state index contributed by atoms with van der Waals surface area (Å²) in [6, 6.07) is 11.6. The quantitative estimate of drug-likeness (QED) is 0.796. The highest BCUT2D eigenvalue weighted by Crippen LogP contribution is 2.25. The van der Waals surface area contributed by atoms with Gasteiger partial charge in [0.1, 0.15) is 17.6 Å². The van der Waals surface area contributed by atoms with E-state index in [0.29, 0.717) is 12.2 Å². The second-order valence-electron chi connectivity index (χ2n) is 5.71. The molecule has 0 radical (unpaired) electrons. The highest BCUT2D eigenvalue weighted by Gasteiger charge is 2.36. The molecule has 2 aromatic carbocycles. The Hall–Kier alpha value is -3.09. The third-order valence-corrected chi connectivity index (χ3v) is 4.11. The summed E-state index contributed by atoms with van der Waals surface area (Å²) in [7, 11) is 1.58. The number of carbonyl (C=O) groups excluding carboxylic acids is 2. The van der Waals surface area contributed by atoms with Gasteiger partial charge in [-0.15, -0.1) is 0 Å². The van der Waals surface area contributed by atoms with Crippen molar-refractivity contribution in [1.82, 2.24) is 10.6 Å². The topological polar surface area (TPSA) is 79.5 Å². The third-order valence-electron chi connectivity index (χ3n) is 4.11. The zero-order chi connectivity index (χ0) is 17.8.